The van der Waals surface area contributed by atoms with E-state index >= 15 is 0 Å². The summed E-state index contributed by atoms with van der Waals surface area (Å²) >= 11 is 0. The number of likely N-dealkylation sites (tertiary alicyclic amines) is 1. The Morgan fingerprint density at radius 3 is 2.63 bits per heavy atom. The number of morpholine rings is 1. The molecule has 1 unspecified atom stereocenters. The molecule has 8 heteroatoms. The molecule has 2 aromatic carbocycles. The minimum atomic E-state index is -0.461. The van der Waals surface area contributed by atoms with Crippen molar-refractivity contribution < 1.29 is 14.5 Å². The van der Waals surface area contributed by atoms with E-state index in [0.717, 1.165) is 31.7 Å². The topological polar surface area (TPSA) is 88.0 Å². The molecule has 30 heavy (non-hydrogen) atoms. The Bertz CT molecular complexity index is 899. The number of non-ortho nitro benzene ring substituents is 1. The van der Waals surface area contributed by atoms with Crippen LogP contribution < -0.4 is 10.2 Å². The second kappa shape index (κ2) is 9.23. The molecule has 1 N–H and O–H groups in total. The number of carbonyl (C=O) groups is 1. The van der Waals surface area contributed by atoms with Gasteiger partial charge in [-0.3, -0.25) is 19.8 Å². The SMILES string of the molecule is O=C(NC1CCN(Cc2ccccc2)C1)c1cc([N+](=O)[O-])ccc1N1CCOCC1. The van der Waals surface area contributed by atoms with Crippen molar-refractivity contribution in [2.45, 2.75) is 19.0 Å². The maximum atomic E-state index is 13.1. The molecule has 0 aliphatic carbocycles. The quantitative estimate of drug-likeness (QED) is 0.581. The summed E-state index contributed by atoms with van der Waals surface area (Å²) in [6.07, 6.45) is 0.861. The fourth-order valence-electron chi connectivity index (χ4n) is 4.10. The van der Waals surface area contributed by atoms with Crippen LogP contribution in [0, 0.1) is 10.1 Å². The summed E-state index contributed by atoms with van der Waals surface area (Å²) in [4.78, 5) is 28.3. The van der Waals surface area contributed by atoms with Crippen molar-refractivity contribution in [1.29, 1.82) is 0 Å². The van der Waals surface area contributed by atoms with Gasteiger partial charge in [0.25, 0.3) is 11.6 Å². The van der Waals surface area contributed by atoms with Gasteiger partial charge in [0.1, 0.15) is 0 Å². The average Bonchev–Trinajstić information content (AvgIpc) is 3.21. The molecule has 2 aliphatic rings. The van der Waals surface area contributed by atoms with Gasteiger partial charge in [0.2, 0.25) is 0 Å². The smallest absolute Gasteiger partial charge is 0.270 e. The van der Waals surface area contributed by atoms with Crippen LogP contribution >= 0.6 is 0 Å². The zero-order chi connectivity index (χ0) is 20.9. The first-order valence-corrected chi connectivity index (χ1v) is 10.3. The van der Waals surface area contributed by atoms with Crippen molar-refractivity contribution in [3.05, 3.63) is 69.8 Å². The van der Waals surface area contributed by atoms with Crippen LogP contribution in [0.1, 0.15) is 22.3 Å². The molecule has 2 fully saturated rings. The van der Waals surface area contributed by atoms with Crippen LogP contribution in [-0.4, -0.2) is 61.2 Å². The standard InChI is InChI=1S/C22H26N4O4/c27-22(23-18-8-9-24(16-18)15-17-4-2-1-3-5-17)20-14-19(26(28)29)6-7-21(20)25-10-12-30-13-11-25/h1-7,14,18H,8-13,15-16H2,(H,23,27). The van der Waals surface area contributed by atoms with Gasteiger partial charge >= 0.3 is 0 Å². The lowest BCUT2D eigenvalue weighted by molar-refractivity contribution is -0.384. The molecule has 2 saturated heterocycles. The Kier molecular flexibility index (Phi) is 6.25. The van der Waals surface area contributed by atoms with Crippen LogP contribution in [0.5, 0.6) is 0 Å². The van der Waals surface area contributed by atoms with Gasteiger partial charge in [0.15, 0.2) is 0 Å². The Morgan fingerprint density at radius 1 is 1.13 bits per heavy atom. The number of nitrogens with one attached hydrogen (secondary N) is 1. The molecule has 2 heterocycles. The zero-order valence-corrected chi connectivity index (χ0v) is 16.8. The molecule has 0 spiro atoms. The van der Waals surface area contributed by atoms with E-state index in [1.165, 1.54) is 17.7 Å². The van der Waals surface area contributed by atoms with Crippen molar-refractivity contribution in [3.8, 4) is 0 Å². The molecule has 8 nitrogen and oxygen atoms in total. The molecule has 1 atom stereocenters. The van der Waals surface area contributed by atoms with Crippen molar-refractivity contribution in [3.63, 3.8) is 0 Å². The zero-order valence-electron chi connectivity index (χ0n) is 16.8. The number of carbonyl (C=O) groups excluding carboxylic acids is 1. The third kappa shape index (κ3) is 4.77. The van der Waals surface area contributed by atoms with Crippen LogP contribution in [-0.2, 0) is 11.3 Å². The number of ether oxygens (including phenoxy) is 1. The lowest BCUT2D eigenvalue weighted by Gasteiger charge is -2.30. The maximum Gasteiger partial charge on any atom is 0.270 e. The summed E-state index contributed by atoms with van der Waals surface area (Å²) in [6, 6.07) is 14.8. The highest BCUT2D eigenvalue weighted by Gasteiger charge is 2.27. The van der Waals surface area contributed by atoms with Crippen LogP contribution in [0.2, 0.25) is 0 Å². The Labute approximate surface area is 175 Å². The minimum absolute atomic E-state index is 0.0259. The van der Waals surface area contributed by atoms with Gasteiger partial charge in [-0.25, -0.2) is 0 Å². The van der Waals surface area contributed by atoms with Crippen LogP contribution in [0.25, 0.3) is 0 Å². The molecule has 0 bridgehead atoms. The summed E-state index contributed by atoms with van der Waals surface area (Å²) in [7, 11) is 0. The number of benzene rings is 2. The van der Waals surface area contributed by atoms with Crippen molar-refractivity contribution in [2.75, 3.05) is 44.3 Å². The van der Waals surface area contributed by atoms with E-state index in [4.69, 9.17) is 4.74 Å². The fourth-order valence-corrected chi connectivity index (χ4v) is 4.10. The maximum absolute atomic E-state index is 13.1. The second-order valence-corrected chi connectivity index (χ2v) is 7.74. The highest BCUT2D eigenvalue weighted by molar-refractivity contribution is 6.00. The number of hydrogen-bond acceptors (Lipinski definition) is 6. The van der Waals surface area contributed by atoms with Crippen molar-refractivity contribution in [1.82, 2.24) is 10.2 Å². The monoisotopic (exact) mass is 410 g/mol. The highest BCUT2D eigenvalue weighted by Crippen LogP contribution is 2.27. The predicted molar refractivity (Wildman–Crippen MR) is 114 cm³/mol. The van der Waals surface area contributed by atoms with Gasteiger partial charge in [0, 0.05) is 50.9 Å². The summed E-state index contributed by atoms with van der Waals surface area (Å²) in [5.74, 6) is -0.258. The molecule has 0 saturated carbocycles. The number of nitro groups is 1. The summed E-state index contributed by atoms with van der Waals surface area (Å²) in [5.41, 5.74) is 2.25. The van der Waals surface area contributed by atoms with Gasteiger partial charge in [-0.05, 0) is 18.1 Å². The normalized spacial score (nSPS) is 19.6. The minimum Gasteiger partial charge on any atom is -0.378 e. The van der Waals surface area contributed by atoms with E-state index in [2.05, 4.69) is 27.2 Å². The van der Waals surface area contributed by atoms with E-state index in [1.807, 2.05) is 18.2 Å². The largest absolute Gasteiger partial charge is 0.378 e. The van der Waals surface area contributed by atoms with Gasteiger partial charge in [0.05, 0.1) is 29.4 Å². The molecular formula is C22H26N4O4. The van der Waals surface area contributed by atoms with E-state index < -0.39 is 4.92 Å². The highest BCUT2D eigenvalue weighted by atomic mass is 16.6. The number of anilines is 1. The Balaban J connectivity index is 1.45. The Morgan fingerprint density at radius 2 is 1.90 bits per heavy atom. The molecule has 4 rings (SSSR count). The first-order chi connectivity index (χ1) is 14.6. The molecule has 0 aromatic heterocycles. The Hall–Kier alpha value is -2.97. The van der Waals surface area contributed by atoms with Gasteiger partial charge in [-0.2, -0.15) is 0 Å². The van der Waals surface area contributed by atoms with Crippen molar-refractivity contribution in [2.24, 2.45) is 0 Å². The first kappa shape index (κ1) is 20.3. The number of nitrogens with zero attached hydrogens (tertiary/aromatic N) is 3. The van der Waals surface area contributed by atoms with Crippen LogP contribution in [0.4, 0.5) is 11.4 Å². The van der Waals surface area contributed by atoms with Gasteiger partial charge in [-0.1, -0.05) is 30.3 Å². The summed E-state index contributed by atoms with van der Waals surface area (Å²) in [6.45, 7) is 5.00. The third-order valence-electron chi connectivity index (χ3n) is 5.64. The van der Waals surface area contributed by atoms with E-state index in [1.54, 1.807) is 6.07 Å². The number of nitro benzene ring substituents is 1. The first-order valence-electron chi connectivity index (χ1n) is 10.3. The summed E-state index contributed by atoms with van der Waals surface area (Å²) < 4.78 is 5.40. The number of hydrogen-bond donors (Lipinski definition) is 1. The summed E-state index contributed by atoms with van der Waals surface area (Å²) in [5, 5.41) is 14.4. The molecule has 2 aromatic rings. The number of amides is 1. The molecule has 1 amide bonds. The van der Waals surface area contributed by atoms with Crippen molar-refractivity contribution >= 4 is 17.3 Å². The molecule has 0 radical (unpaired) electrons. The van der Waals surface area contributed by atoms with Gasteiger partial charge in [-0.15, -0.1) is 0 Å². The molecule has 158 valence electrons. The molecular weight excluding hydrogens is 384 g/mol. The second-order valence-electron chi connectivity index (χ2n) is 7.74. The fraction of sp³-hybridized carbons (Fsp3) is 0.409. The van der Waals surface area contributed by atoms with E-state index in [0.29, 0.717) is 31.9 Å². The third-order valence-corrected chi connectivity index (χ3v) is 5.64. The predicted octanol–water partition coefficient (Wildman–Crippen LogP) is 2.44. The van der Waals surface area contributed by atoms with Gasteiger partial charge < -0.3 is 15.0 Å². The molecule has 2 aliphatic heterocycles. The average molecular weight is 410 g/mol. The lowest BCUT2D eigenvalue weighted by atomic mass is 10.1. The van der Waals surface area contributed by atoms with E-state index in [-0.39, 0.29) is 17.6 Å². The van der Waals surface area contributed by atoms with E-state index in [9.17, 15) is 14.9 Å². The lowest BCUT2D eigenvalue weighted by Crippen LogP contribution is -2.40. The van der Waals surface area contributed by atoms with Crippen LogP contribution in [0.15, 0.2) is 48.5 Å². The number of rotatable bonds is 6. The van der Waals surface area contributed by atoms with Crippen LogP contribution in [0.3, 0.4) is 0 Å².